The first kappa shape index (κ1) is 47.9. The van der Waals surface area contributed by atoms with Crippen molar-refractivity contribution >= 4 is 19.8 Å². The van der Waals surface area contributed by atoms with Crippen LogP contribution in [0.25, 0.3) is 0 Å². The van der Waals surface area contributed by atoms with Crippen LogP contribution in [0.2, 0.25) is 0 Å². The number of aliphatic hydroxyl groups excluding tert-OH is 1. The van der Waals surface area contributed by atoms with E-state index < -0.39 is 38.6 Å². The summed E-state index contributed by atoms with van der Waals surface area (Å²) in [6.45, 7) is 3.50. The van der Waals surface area contributed by atoms with Crippen LogP contribution in [0.5, 0.6) is 0 Å². The molecular formula is C39H70NO9P. The van der Waals surface area contributed by atoms with Crippen LogP contribution in [0.3, 0.4) is 0 Å². The molecule has 0 aliphatic carbocycles. The van der Waals surface area contributed by atoms with Crippen molar-refractivity contribution in [2.75, 3.05) is 26.4 Å². The number of ether oxygens (including phenoxy) is 2. The third kappa shape index (κ3) is 34.4. The van der Waals surface area contributed by atoms with E-state index in [0.29, 0.717) is 25.7 Å². The Hall–Kier alpha value is -2.07. The maximum atomic E-state index is 12.5. The molecule has 0 fully saturated rings. The molecule has 0 heterocycles. The Morgan fingerprint density at radius 1 is 0.700 bits per heavy atom. The van der Waals surface area contributed by atoms with Gasteiger partial charge in [-0.3, -0.25) is 18.6 Å². The molecule has 11 heteroatoms. The molecule has 50 heavy (non-hydrogen) atoms. The second kappa shape index (κ2) is 35.3. The Kier molecular flexibility index (Phi) is 33.9. The summed E-state index contributed by atoms with van der Waals surface area (Å²) < 4.78 is 32.5. The third-order valence-corrected chi connectivity index (χ3v) is 8.78. The molecule has 0 aliphatic rings. The quantitative estimate of drug-likeness (QED) is 0.0189. The van der Waals surface area contributed by atoms with Crippen LogP contribution in [0.1, 0.15) is 149 Å². The Morgan fingerprint density at radius 3 is 1.98 bits per heavy atom. The zero-order chi connectivity index (χ0) is 37.0. The van der Waals surface area contributed by atoms with E-state index in [1.54, 1.807) is 12.2 Å². The number of aliphatic hydroxyl groups is 1. The number of phosphoric ester groups is 1. The van der Waals surface area contributed by atoms with Gasteiger partial charge in [-0.2, -0.15) is 0 Å². The first-order chi connectivity index (χ1) is 24.2. The lowest BCUT2D eigenvalue weighted by atomic mass is 10.1. The first-order valence-corrected chi connectivity index (χ1v) is 20.7. The van der Waals surface area contributed by atoms with Crippen molar-refractivity contribution in [2.24, 2.45) is 5.73 Å². The van der Waals surface area contributed by atoms with Crippen molar-refractivity contribution in [3.05, 3.63) is 48.6 Å². The number of unbranched alkanes of at least 4 members (excludes halogenated alkanes) is 14. The molecule has 0 bridgehead atoms. The molecule has 0 aromatic rings. The van der Waals surface area contributed by atoms with Crippen LogP contribution in [0.15, 0.2) is 48.6 Å². The summed E-state index contributed by atoms with van der Waals surface area (Å²) in [6.07, 6.45) is 34.6. The highest BCUT2D eigenvalue weighted by Gasteiger charge is 2.25. The number of rotatable bonds is 35. The highest BCUT2D eigenvalue weighted by molar-refractivity contribution is 7.47. The molecule has 0 rings (SSSR count). The molecule has 3 atom stereocenters. The normalized spacial score (nSPS) is 14.6. The lowest BCUT2D eigenvalue weighted by Crippen LogP contribution is -2.29. The van der Waals surface area contributed by atoms with Crippen molar-refractivity contribution in [3.8, 4) is 0 Å². The van der Waals surface area contributed by atoms with E-state index in [1.165, 1.54) is 64.2 Å². The number of allylic oxidation sites excluding steroid dienone is 6. The molecule has 10 nitrogen and oxygen atoms in total. The summed E-state index contributed by atoms with van der Waals surface area (Å²) in [5.74, 6) is -0.962. The summed E-state index contributed by atoms with van der Waals surface area (Å²) in [7, 11) is -4.40. The lowest BCUT2D eigenvalue weighted by molar-refractivity contribution is -0.161. The Labute approximate surface area is 303 Å². The summed E-state index contributed by atoms with van der Waals surface area (Å²) in [6, 6.07) is 0. The van der Waals surface area contributed by atoms with Gasteiger partial charge in [-0.1, -0.05) is 140 Å². The molecule has 0 saturated heterocycles. The van der Waals surface area contributed by atoms with Crippen molar-refractivity contribution < 1.29 is 42.7 Å². The molecule has 0 amide bonds. The van der Waals surface area contributed by atoms with Crippen molar-refractivity contribution in [2.45, 2.75) is 161 Å². The van der Waals surface area contributed by atoms with Gasteiger partial charge in [0, 0.05) is 19.4 Å². The van der Waals surface area contributed by atoms with E-state index in [0.717, 1.165) is 32.1 Å². The number of carbonyl (C=O) groups is 2. The number of nitrogens with two attached hydrogens (primary N) is 1. The predicted molar refractivity (Wildman–Crippen MR) is 202 cm³/mol. The fourth-order valence-corrected chi connectivity index (χ4v) is 5.65. The van der Waals surface area contributed by atoms with E-state index in [1.807, 2.05) is 18.2 Å². The second-order valence-corrected chi connectivity index (χ2v) is 14.1. The Morgan fingerprint density at radius 2 is 1.30 bits per heavy atom. The summed E-state index contributed by atoms with van der Waals surface area (Å²) >= 11 is 0. The van der Waals surface area contributed by atoms with Crippen molar-refractivity contribution in [3.63, 3.8) is 0 Å². The highest BCUT2D eigenvalue weighted by Crippen LogP contribution is 2.43. The minimum atomic E-state index is -4.40. The topological polar surface area (TPSA) is 155 Å². The zero-order valence-corrected chi connectivity index (χ0v) is 32.1. The van der Waals surface area contributed by atoms with E-state index in [2.05, 4.69) is 32.1 Å². The molecular weight excluding hydrogens is 657 g/mol. The van der Waals surface area contributed by atoms with Crippen LogP contribution in [0, 0.1) is 0 Å². The van der Waals surface area contributed by atoms with Gasteiger partial charge in [0.2, 0.25) is 0 Å². The summed E-state index contributed by atoms with van der Waals surface area (Å²) in [5, 5.41) is 10.1. The van der Waals surface area contributed by atoms with E-state index in [9.17, 15) is 24.2 Å². The molecule has 0 spiro atoms. The third-order valence-electron chi connectivity index (χ3n) is 7.80. The maximum Gasteiger partial charge on any atom is 0.472 e. The number of carbonyl (C=O) groups excluding carboxylic acids is 2. The summed E-state index contributed by atoms with van der Waals surface area (Å²) in [5.41, 5.74) is 5.32. The maximum absolute atomic E-state index is 12.5. The molecule has 0 saturated carbocycles. The second-order valence-electron chi connectivity index (χ2n) is 12.6. The number of esters is 2. The number of hydrogen-bond donors (Lipinski definition) is 3. The standard InChI is InChI=1S/C39H70NO9P/c1-3-5-7-9-11-13-14-16-18-22-27-31-39(43)49-37(35-48-50(44,45)47-33-32-40)34-46-38(42)30-26-23-19-21-25-29-36(41)28-24-20-17-15-12-10-8-6-4-2/h12,15,19-21,24-25,29,36-37,41H,3-11,13-14,16-18,22-23,26-28,30-35,40H2,1-2H3,(H,44,45)/b15-12-,21-19+,24-20-,29-25-/t36?,37-/m1/s1. The van der Waals surface area contributed by atoms with Crippen LogP contribution in [-0.2, 0) is 32.7 Å². The van der Waals surface area contributed by atoms with Crippen molar-refractivity contribution in [1.29, 1.82) is 0 Å². The molecule has 2 unspecified atom stereocenters. The van der Waals surface area contributed by atoms with Gasteiger partial charge >= 0.3 is 19.8 Å². The Bertz CT molecular complexity index is 983. The van der Waals surface area contributed by atoms with Gasteiger partial charge < -0.3 is 25.2 Å². The fourth-order valence-electron chi connectivity index (χ4n) is 4.88. The minimum absolute atomic E-state index is 0.0332. The molecule has 290 valence electrons. The van der Waals surface area contributed by atoms with Gasteiger partial charge in [-0.25, -0.2) is 4.57 Å². The average molecular weight is 728 g/mol. The van der Waals surface area contributed by atoms with Crippen LogP contribution in [-0.4, -0.2) is 60.5 Å². The zero-order valence-electron chi connectivity index (χ0n) is 31.2. The van der Waals surface area contributed by atoms with Crippen LogP contribution >= 0.6 is 7.82 Å². The van der Waals surface area contributed by atoms with E-state index in [-0.39, 0.29) is 32.6 Å². The largest absolute Gasteiger partial charge is 0.472 e. The molecule has 0 aliphatic heterocycles. The highest BCUT2D eigenvalue weighted by atomic mass is 31.2. The molecule has 0 aromatic heterocycles. The number of hydrogen-bond acceptors (Lipinski definition) is 9. The smallest absolute Gasteiger partial charge is 0.462 e. The van der Waals surface area contributed by atoms with Gasteiger partial charge in [-0.05, 0) is 44.9 Å². The van der Waals surface area contributed by atoms with Gasteiger partial charge in [0.1, 0.15) is 6.61 Å². The van der Waals surface area contributed by atoms with Crippen molar-refractivity contribution in [1.82, 2.24) is 0 Å². The summed E-state index contributed by atoms with van der Waals surface area (Å²) in [4.78, 5) is 34.7. The number of phosphoric acid groups is 1. The molecule has 0 aromatic carbocycles. The minimum Gasteiger partial charge on any atom is -0.462 e. The SMILES string of the molecule is CCCCC/C=C\C/C=C\CC(O)/C=C\C=C\CCCC(=O)OC[C@H](COP(=O)(O)OCCN)OC(=O)CCCCCCCCCCCCC. The van der Waals surface area contributed by atoms with Gasteiger partial charge in [0.05, 0.1) is 19.3 Å². The van der Waals surface area contributed by atoms with Gasteiger partial charge in [0.15, 0.2) is 6.10 Å². The fraction of sp³-hybridized carbons (Fsp3) is 0.744. The lowest BCUT2D eigenvalue weighted by Gasteiger charge is -2.19. The Balaban J connectivity index is 4.41. The predicted octanol–water partition coefficient (Wildman–Crippen LogP) is 9.35. The first-order valence-electron chi connectivity index (χ1n) is 19.2. The average Bonchev–Trinajstić information content (AvgIpc) is 3.09. The molecule has 0 radical (unpaired) electrons. The monoisotopic (exact) mass is 727 g/mol. The van der Waals surface area contributed by atoms with Gasteiger partial charge in [0.25, 0.3) is 0 Å². The van der Waals surface area contributed by atoms with Gasteiger partial charge in [-0.15, -0.1) is 0 Å². The van der Waals surface area contributed by atoms with E-state index >= 15 is 0 Å². The van der Waals surface area contributed by atoms with Crippen LogP contribution in [0.4, 0.5) is 0 Å². The van der Waals surface area contributed by atoms with E-state index in [4.69, 9.17) is 24.3 Å². The molecule has 4 N–H and O–H groups in total. The van der Waals surface area contributed by atoms with Crippen LogP contribution < -0.4 is 5.73 Å².